The summed E-state index contributed by atoms with van der Waals surface area (Å²) in [6.07, 6.45) is 3.64. The summed E-state index contributed by atoms with van der Waals surface area (Å²) in [4.78, 5) is 0. The Bertz CT molecular complexity index is 192. The zero-order valence-corrected chi connectivity index (χ0v) is 10.2. The minimum Gasteiger partial charge on any atom is -0.394 e. The van der Waals surface area contributed by atoms with E-state index in [1.54, 1.807) is 0 Å². The SMILES string of the molecule is CC1CCC(NC(C)(CO)CO)C(C)C1. The lowest BCUT2D eigenvalue weighted by Crippen LogP contribution is -2.56. The van der Waals surface area contributed by atoms with Gasteiger partial charge >= 0.3 is 0 Å². The molecule has 0 saturated heterocycles. The summed E-state index contributed by atoms with van der Waals surface area (Å²) in [5, 5.41) is 21.9. The van der Waals surface area contributed by atoms with Crippen molar-refractivity contribution in [3.8, 4) is 0 Å². The van der Waals surface area contributed by atoms with Gasteiger partial charge < -0.3 is 15.5 Å². The number of aliphatic hydroxyl groups is 2. The molecule has 0 spiro atoms. The molecule has 1 saturated carbocycles. The van der Waals surface area contributed by atoms with E-state index in [4.69, 9.17) is 0 Å². The van der Waals surface area contributed by atoms with Crippen LogP contribution >= 0.6 is 0 Å². The lowest BCUT2D eigenvalue weighted by molar-refractivity contribution is 0.0744. The molecule has 0 heterocycles. The monoisotopic (exact) mass is 215 g/mol. The first kappa shape index (κ1) is 12.9. The zero-order valence-electron chi connectivity index (χ0n) is 10.2. The normalized spacial score (nSPS) is 33.0. The third-order valence-electron chi connectivity index (χ3n) is 3.66. The van der Waals surface area contributed by atoms with Gasteiger partial charge in [-0.15, -0.1) is 0 Å². The van der Waals surface area contributed by atoms with E-state index in [0.717, 1.165) is 12.3 Å². The molecule has 3 heteroatoms. The predicted octanol–water partition coefficient (Wildman–Crippen LogP) is 1.14. The molecule has 0 aliphatic heterocycles. The molecule has 15 heavy (non-hydrogen) atoms. The maximum absolute atomic E-state index is 9.23. The number of rotatable bonds is 4. The summed E-state index contributed by atoms with van der Waals surface area (Å²) in [5.74, 6) is 1.44. The van der Waals surface area contributed by atoms with Crippen molar-refractivity contribution < 1.29 is 10.2 Å². The van der Waals surface area contributed by atoms with Crippen molar-refractivity contribution >= 4 is 0 Å². The van der Waals surface area contributed by atoms with Crippen LogP contribution in [0.25, 0.3) is 0 Å². The van der Waals surface area contributed by atoms with Gasteiger partial charge in [-0.25, -0.2) is 0 Å². The maximum atomic E-state index is 9.23. The molecule has 0 aromatic carbocycles. The molecule has 90 valence electrons. The van der Waals surface area contributed by atoms with Gasteiger partial charge in [0.2, 0.25) is 0 Å². The van der Waals surface area contributed by atoms with Crippen molar-refractivity contribution in [2.24, 2.45) is 11.8 Å². The van der Waals surface area contributed by atoms with Crippen LogP contribution in [0.3, 0.4) is 0 Å². The second-order valence-electron chi connectivity index (χ2n) is 5.52. The third kappa shape index (κ3) is 3.44. The van der Waals surface area contributed by atoms with E-state index in [1.807, 2.05) is 6.92 Å². The molecular weight excluding hydrogens is 190 g/mol. The van der Waals surface area contributed by atoms with Crippen LogP contribution in [0, 0.1) is 11.8 Å². The van der Waals surface area contributed by atoms with Crippen molar-refractivity contribution in [3.05, 3.63) is 0 Å². The van der Waals surface area contributed by atoms with Crippen molar-refractivity contribution in [2.45, 2.75) is 51.6 Å². The van der Waals surface area contributed by atoms with E-state index in [9.17, 15) is 10.2 Å². The van der Waals surface area contributed by atoms with E-state index in [2.05, 4.69) is 19.2 Å². The van der Waals surface area contributed by atoms with Crippen molar-refractivity contribution in [1.29, 1.82) is 0 Å². The number of aliphatic hydroxyl groups excluding tert-OH is 2. The van der Waals surface area contributed by atoms with E-state index in [1.165, 1.54) is 12.8 Å². The summed E-state index contributed by atoms with van der Waals surface area (Å²) in [6, 6.07) is 0.436. The van der Waals surface area contributed by atoms with Gasteiger partial charge in [-0.05, 0) is 38.0 Å². The van der Waals surface area contributed by atoms with E-state index < -0.39 is 5.54 Å². The molecule has 3 nitrogen and oxygen atoms in total. The Kier molecular flexibility index (Phi) is 4.56. The summed E-state index contributed by atoms with van der Waals surface area (Å²) < 4.78 is 0. The lowest BCUT2D eigenvalue weighted by atomic mass is 9.79. The smallest absolute Gasteiger partial charge is 0.0633 e. The van der Waals surface area contributed by atoms with Crippen LogP contribution in [0.2, 0.25) is 0 Å². The molecule has 0 aromatic heterocycles. The van der Waals surface area contributed by atoms with Crippen LogP contribution in [0.4, 0.5) is 0 Å². The van der Waals surface area contributed by atoms with Crippen molar-refractivity contribution in [2.75, 3.05) is 13.2 Å². The van der Waals surface area contributed by atoms with Crippen LogP contribution in [-0.2, 0) is 0 Å². The largest absolute Gasteiger partial charge is 0.394 e. The van der Waals surface area contributed by atoms with Crippen LogP contribution in [0.1, 0.15) is 40.0 Å². The lowest BCUT2D eigenvalue weighted by Gasteiger charge is -2.39. The predicted molar refractivity (Wildman–Crippen MR) is 61.7 cm³/mol. The van der Waals surface area contributed by atoms with Gasteiger partial charge in [0.15, 0.2) is 0 Å². The first-order chi connectivity index (χ1) is 7.00. The summed E-state index contributed by atoms with van der Waals surface area (Å²) in [6.45, 7) is 6.40. The standard InChI is InChI=1S/C12H25NO2/c1-9-4-5-11(10(2)6-9)13-12(3,7-14)8-15/h9-11,13-15H,4-8H2,1-3H3. The Hall–Kier alpha value is -0.120. The molecule has 1 rings (SSSR count). The minimum absolute atomic E-state index is 0.0116. The number of hydrogen-bond acceptors (Lipinski definition) is 3. The van der Waals surface area contributed by atoms with Crippen LogP contribution in [0.5, 0.6) is 0 Å². The molecule has 1 aliphatic rings. The highest BCUT2D eigenvalue weighted by molar-refractivity contribution is 4.90. The Labute approximate surface area is 92.9 Å². The Morgan fingerprint density at radius 2 is 1.80 bits per heavy atom. The average Bonchev–Trinajstić information content (AvgIpc) is 2.22. The highest BCUT2D eigenvalue weighted by atomic mass is 16.3. The molecule has 0 aromatic rings. The van der Waals surface area contributed by atoms with Crippen molar-refractivity contribution in [1.82, 2.24) is 5.32 Å². The first-order valence-corrected chi connectivity index (χ1v) is 6.00. The highest BCUT2D eigenvalue weighted by Crippen LogP contribution is 2.29. The quantitative estimate of drug-likeness (QED) is 0.659. The Morgan fingerprint density at radius 3 is 2.27 bits per heavy atom. The second kappa shape index (κ2) is 5.28. The maximum Gasteiger partial charge on any atom is 0.0633 e. The molecule has 3 atom stereocenters. The topological polar surface area (TPSA) is 52.5 Å². The molecule has 0 radical (unpaired) electrons. The van der Waals surface area contributed by atoms with Gasteiger partial charge in [-0.1, -0.05) is 13.8 Å². The Balaban J connectivity index is 2.50. The van der Waals surface area contributed by atoms with Crippen molar-refractivity contribution in [3.63, 3.8) is 0 Å². The van der Waals surface area contributed by atoms with E-state index >= 15 is 0 Å². The van der Waals surface area contributed by atoms with Crippen LogP contribution in [0.15, 0.2) is 0 Å². The molecule has 3 unspecified atom stereocenters. The fourth-order valence-electron chi connectivity index (χ4n) is 2.47. The third-order valence-corrected chi connectivity index (χ3v) is 3.66. The van der Waals surface area contributed by atoms with Gasteiger partial charge in [0, 0.05) is 6.04 Å². The second-order valence-corrected chi connectivity index (χ2v) is 5.52. The fraction of sp³-hybridized carbons (Fsp3) is 1.00. The Morgan fingerprint density at radius 1 is 1.20 bits per heavy atom. The fourth-order valence-corrected chi connectivity index (χ4v) is 2.47. The van der Waals surface area contributed by atoms with E-state index in [0.29, 0.717) is 12.0 Å². The molecule has 3 N–H and O–H groups in total. The van der Waals surface area contributed by atoms with E-state index in [-0.39, 0.29) is 13.2 Å². The summed E-state index contributed by atoms with van der Waals surface area (Å²) >= 11 is 0. The van der Waals surface area contributed by atoms with Gasteiger partial charge in [0.25, 0.3) is 0 Å². The molecule has 1 fully saturated rings. The van der Waals surface area contributed by atoms with Gasteiger partial charge in [0.1, 0.15) is 0 Å². The van der Waals surface area contributed by atoms with Gasteiger partial charge in [-0.2, -0.15) is 0 Å². The number of hydrogen-bond donors (Lipinski definition) is 3. The minimum atomic E-state index is -0.528. The van der Waals surface area contributed by atoms with Gasteiger partial charge in [0.05, 0.1) is 18.8 Å². The molecule has 1 aliphatic carbocycles. The average molecular weight is 215 g/mol. The highest BCUT2D eigenvalue weighted by Gasteiger charge is 2.31. The molecule has 0 bridgehead atoms. The summed E-state index contributed by atoms with van der Waals surface area (Å²) in [5.41, 5.74) is -0.528. The van der Waals surface area contributed by atoms with Crippen LogP contribution in [-0.4, -0.2) is 35.0 Å². The zero-order chi connectivity index (χ0) is 11.5. The van der Waals surface area contributed by atoms with Gasteiger partial charge in [-0.3, -0.25) is 0 Å². The number of nitrogens with one attached hydrogen (secondary N) is 1. The summed E-state index contributed by atoms with van der Waals surface area (Å²) in [7, 11) is 0. The van der Waals surface area contributed by atoms with Crippen LogP contribution < -0.4 is 5.32 Å². The first-order valence-electron chi connectivity index (χ1n) is 6.00. The molecule has 0 amide bonds. The molecular formula is C12H25NO2.